The van der Waals surface area contributed by atoms with Crippen LogP contribution in [0.15, 0.2) is 55.1 Å². The lowest BCUT2D eigenvalue weighted by molar-refractivity contribution is 0.112. The summed E-state index contributed by atoms with van der Waals surface area (Å²) in [6, 6.07) is 11.3. The Labute approximate surface area is 161 Å². The van der Waals surface area contributed by atoms with Gasteiger partial charge in [0.2, 0.25) is 0 Å². The van der Waals surface area contributed by atoms with E-state index in [9.17, 15) is 4.79 Å². The molecule has 0 unspecified atom stereocenters. The topological polar surface area (TPSA) is 75.3 Å². The average molecular weight is 480 g/mol. The minimum Gasteiger partial charge on any atom is -0.392 e. The Kier molecular flexibility index (Phi) is 10.1. The van der Waals surface area contributed by atoms with Gasteiger partial charge in [0.05, 0.1) is 6.61 Å². The monoisotopic (exact) mass is 478 g/mol. The Morgan fingerprint density at radius 1 is 1.17 bits per heavy atom. The van der Waals surface area contributed by atoms with Gasteiger partial charge in [-0.15, -0.1) is 0 Å². The molecule has 0 atom stereocenters. The zero-order valence-electron chi connectivity index (χ0n) is 12.3. The van der Waals surface area contributed by atoms with Crippen LogP contribution in [0.1, 0.15) is 15.9 Å². The molecule has 124 valence electrons. The van der Waals surface area contributed by atoms with E-state index < -0.39 is 0 Å². The average Bonchev–Trinajstić information content (AvgIpc) is 2.58. The molecule has 2 rings (SSSR count). The minimum absolute atomic E-state index is 0.0682. The second-order valence-electron chi connectivity index (χ2n) is 4.14. The van der Waals surface area contributed by atoms with Crippen LogP contribution in [0.2, 0.25) is 0 Å². The minimum atomic E-state index is 0.0682. The maximum absolute atomic E-state index is 10.4. The van der Waals surface area contributed by atoms with E-state index in [1.165, 1.54) is 11.9 Å². The molecule has 4 N–H and O–H groups in total. The number of aldehydes is 1. The number of nitrogens with two attached hydrogens (primary N) is 1. The summed E-state index contributed by atoms with van der Waals surface area (Å²) in [7, 11) is 1.87. The predicted molar refractivity (Wildman–Crippen MR) is 105 cm³/mol. The van der Waals surface area contributed by atoms with Crippen molar-refractivity contribution in [2.24, 2.45) is 5.14 Å². The van der Waals surface area contributed by atoms with Crippen molar-refractivity contribution in [2.45, 2.75) is 16.4 Å². The number of benzene rings is 2. The van der Waals surface area contributed by atoms with Crippen molar-refractivity contribution < 1.29 is 9.90 Å². The van der Waals surface area contributed by atoms with E-state index in [1.807, 2.05) is 31.3 Å². The van der Waals surface area contributed by atoms with Gasteiger partial charge in [-0.2, -0.15) is 0 Å². The van der Waals surface area contributed by atoms with Gasteiger partial charge in [-0.05, 0) is 72.9 Å². The van der Waals surface area contributed by atoms with E-state index in [4.69, 9.17) is 10.2 Å². The zero-order valence-corrected chi connectivity index (χ0v) is 17.1. The molecule has 0 heterocycles. The highest BCUT2D eigenvalue weighted by molar-refractivity contribution is 9.10. The summed E-state index contributed by atoms with van der Waals surface area (Å²) in [4.78, 5) is 12.4. The molecule has 0 amide bonds. The van der Waals surface area contributed by atoms with Crippen molar-refractivity contribution in [2.75, 3.05) is 7.05 Å². The lowest BCUT2D eigenvalue weighted by atomic mass is 10.2. The maximum Gasteiger partial charge on any atom is 0.151 e. The first-order valence-electron chi connectivity index (χ1n) is 6.40. The van der Waals surface area contributed by atoms with Crippen LogP contribution in [0, 0.1) is 0 Å². The van der Waals surface area contributed by atoms with Gasteiger partial charge in [0.1, 0.15) is 0 Å². The first-order valence-corrected chi connectivity index (χ1v) is 9.68. The third kappa shape index (κ3) is 6.96. The number of aliphatic hydroxyl groups excluding tert-OH is 1. The van der Waals surface area contributed by atoms with Gasteiger partial charge in [-0.3, -0.25) is 14.7 Å². The van der Waals surface area contributed by atoms with Gasteiger partial charge >= 0.3 is 0 Å². The maximum atomic E-state index is 10.4. The Morgan fingerprint density at radius 2 is 1.83 bits per heavy atom. The van der Waals surface area contributed by atoms with E-state index in [1.54, 1.807) is 12.1 Å². The Morgan fingerprint density at radius 3 is 2.39 bits per heavy atom. The van der Waals surface area contributed by atoms with Crippen molar-refractivity contribution in [1.82, 2.24) is 4.72 Å². The largest absolute Gasteiger partial charge is 0.392 e. The first-order chi connectivity index (χ1) is 11.0. The number of carbonyl (C=O) groups is 1. The molecule has 0 fully saturated rings. The molecule has 0 aliphatic heterocycles. The third-order valence-electron chi connectivity index (χ3n) is 2.64. The number of hydrogen-bond acceptors (Lipinski definition) is 6. The molecule has 4 nitrogen and oxygen atoms in total. The molecule has 0 saturated carbocycles. The lowest BCUT2D eigenvalue weighted by Crippen LogP contribution is -1.92. The van der Waals surface area contributed by atoms with Crippen molar-refractivity contribution in [3.63, 3.8) is 0 Å². The van der Waals surface area contributed by atoms with Crippen LogP contribution < -0.4 is 9.86 Å². The van der Waals surface area contributed by atoms with Gasteiger partial charge in [0.25, 0.3) is 0 Å². The fourth-order valence-electron chi connectivity index (χ4n) is 1.54. The van der Waals surface area contributed by atoms with E-state index in [2.05, 4.69) is 36.6 Å². The molecule has 0 aromatic heterocycles. The molecule has 23 heavy (non-hydrogen) atoms. The molecule has 8 heteroatoms. The van der Waals surface area contributed by atoms with Gasteiger partial charge in [-0.25, -0.2) is 0 Å². The molecule has 0 saturated heterocycles. The molecule has 0 aliphatic rings. The Hall–Kier alpha value is -0.350. The molecule has 2 aromatic carbocycles. The van der Waals surface area contributed by atoms with E-state index in [-0.39, 0.29) is 6.61 Å². The molecule has 0 aliphatic carbocycles. The zero-order chi connectivity index (χ0) is 17.2. The van der Waals surface area contributed by atoms with Crippen molar-refractivity contribution in [3.05, 3.63) is 56.5 Å². The standard InChI is InChI=1S/C8H10BrNOS.C7H6BrNOS/c1-10-12-7-2-3-8(9)6(4-7)5-11;8-7-2-1-6(11-9)3-5(7)4-10/h2-4,10-11H,5H2,1H3;1-4H,9H2. The number of carbonyl (C=O) groups excluding carboxylic acids is 1. The summed E-state index contributed by atoms with van der Waals surface area (Å²) in [5.74, 6) is 0. The van der Waals surface area contributed by atoms with Crippen LogP contribution in [0.25, 0.3) is 0 Å². The quantitative estimate of drug-likeness (QED) is 0.436. The number of hydrogen-bond donors (Lipinski definition) is 3. The smallest absolute Gasteiger partial charge is 0.151 e. The van der Waals surface area contributed by atoms with Gasteiger partial charge in [0.15, 0.2) is 6.29 Å². The fourth-order valence-corrected chi connectivity index (χ4v) is 3.17. The highest BCUT2D eigenvalue weighted by Gasteiger charge is 2.00. The number of rotatable bonds is 5. The summed E-state index contributed by atoms with van der Waals surface area (Å²) in [5, 5.41) is 14.3. The molecule has 0 spiro atoms. The fraction of sp³-hybridized carbons (Fsp3) is 0.133. The Bertz CT molecular complexity index is 657. The third-order valence-corrected chi connectivity index (χ3v) is 5.35. The SMILES string of the molecule is CNSc1ccc(Br)c(CO)c1.NSc1ccc(Br)c(C=O)c1. The molecule has 2 aromatic rings. The van der Waals surface area contributed by atoms with Crippen molar-refractivity contribution >= 4 is 62.0 Å². The van der Waals surface area contributed by atoms with Crippen LogP contribution in [0.5, 0.6) is 0 Å². The number of halogens is 2. The van der Waals surface area contributed by atoms with Crippen LogP contribution in [0.3, 0.4) is 0 Å². The van der Waals surface area contributed by atoms with Crippen LogP contribution >= 0.6 is 55.8 Å². The molecule has 0 bridgehead atoms. The van der Waals surface area contributed by atoms with Gasteiger partial charge in [0, 0.05) is 24.3 Å². The molecule has 0 radical (unpaired) electrons. The van der Waals surface area contributed by atoms with Crippen LogP contribution in [-0.4, -0.2) is 18.4 Å². The second kappa shape index (κ2) is 11.2. The van der Waals surface area contributed by atoms with Crippen molar-refractivity contribution in [1.29, 1.82) is 0 Å². The second-order valence-corrected chi connectivity index (χ2v) is 7.64. The summed E-state index contributed by atoms with van der Waals surface area (Å²) in [6.07, 6.45) is 0.795. The first kappa shape index (κ1) is 20.7. The van der Waals surface area contributed by atoms with E-state index >= 15 is 0 Å². The van der Waals surface area contributed by atoms with Crippen LogP contribution in [0.4, 0.5) is 0 Å². The summed E-state index contributed by atoms with van der Waals surface area (Å²) in [6.45, 7) is 0.0682. The summed E-state index contributed by atoms with van der Waals surface area (Å²) in [5.41, 5.74) is 1.54. The highest BCUT2D eigenvalue weighted by atomic mass is 79.9. The number of aliphatic hydroxyl groups is 1. The molecular formula is C15H16Br2N2O2S2. The Balaban J connectivity index is 0.000000231. The summed E-state index contributed by atoms with van der Waals surface area (Å²) >= 11 is 9.25. The van der Waals surface area contributed by atoms with Gasteiger partial charge in [-0.1, -0.05) is 31.9 Å². The molecular weight excluding hydrogens is 464 g/mol. The van der Waals surface area contributed by atoms with E-state index in [0.717, 1.165) is 42.5 Å². The highest BCUT2D eigenvalue weighted by Crippen LogP contribution is 2.23. The van der Waals surface area contributed by atoms with Gasteiger partial charge < -0.3 is 5.11 Å². The summed E-state index contributed by atoms with van der Waals surface area (Å²) < 4.78 is 4.72. The van der Waals surface area contributed by atoms with Crippen molar-refractivity contribution in [3.8, 4) is 0 Å². The van der Waals surface area contributed by atoms with Crippen LogP contribution in [-0.2, 0) is 6.61 Å². The van der Waals surface area contributed by atoms with E-state index in [0.29, 0.717) is 5.56 Å². The normalized spacial score (nSPS) is 9.96. The number of nitrogens with one attached hydrogen (secondary N) is 1. The predicted octanol–water partition coefficient (Wildman–Crippen LogP) is 4.40. The lowest BCUT2D eigenvalue weighted by Gasteiger charge is -2.03.